The van der Waals surface area contributed by atoms with E-state index in [1.165, 1.54) is 18.3 Å². The van der Waals surface area contributed by atoms with E-state index in [1.807, 2.05) is 31.2 Å². The average molecular weight is 335 g/mol. The van der Waals surface area contributed by atoms with Gasteiger partial charge in [0.1, 0.15) is 5.82 Å². The number of anilines is 1. The quantitative estimate of drug-likeness (QED) is 0.659. The molecular formula is C17H16ClFN2O2. The minimum atomic E-state index is -0.821. The molecule has 1 N–H and O–H groups in total. The van der Waals surface area contributed by atoms with Crippen molar-refractivity contribution in [2.45, 2.75) is 20.0 Å². The van der Waals surface area contributed by atoms with Crippen LogP contribution in [0.3, 0.4) is 0 Å². The summed E-state index contributed by atoms with van der Waals surface area (Å²) >= 11 is 5.85. The molecule has 0 saturated heterocycles. The van der Waals surface area contributed by atoms with Crippen LogP contribution in [0.1, 0.15) is 18.1 Å². The third-order valence-electron chi connectivity index (χ3n) is 3.06. The maximum absolute atomic E-state index is 13.0. The van der Waals surface area contributed by atoms with Crippen molar-refractivity contribution in [3.8, 4) is 0 Å². The third kappa shape index (κ3) is 5.07. The van der Waals surface area contributed by atoms with Gasteiger partial charge in [-0.25, -0.2) is 4.39 Å². The van der Waals surface area contributed by atoms with E-state index < -0.39 is 17.8 Å². The van der Waals surface area contributed by atoms with Gasteiger partial charge in [-0.15, -0.1) is 0 Å². The Morgan fingerprint density at radius 3 is 2.65 bits per heavy atom. The van der Waals surface area contributed by atoms with E-state index in [9.17, 15) is 9.18 Å². The number of hydrogen-bond donors (Lipinski definition) is 1. The highest BCUT2D eigenvalue weighted by atomic mass is 35.5. The van der Waals surface area contributed by atoms with Gasteiger partial charge in [0.15, 0.2) is 0 Å². The molecule has 0 unspecified atom stereocenters. The molecule has 2 aromatic rings. The van der Waals surface area contributed by atoms with Crippen molar-refractivity contribution in [2.24, 2.45) is 5.16 Å². The lowest BCUT2D eigenvalue weighted by molar-refractivity contribution is -0.126. The summed E-state index contributed by atoms with van der Waals surface area (Å²) in [5.41, 5.74) is 2.33. The van der Waals surface area contributed by atoms with Gasteiger partial charge in [-0.05, 0) is 37.6 Å². The van der Waals surface area contributed by atoms with Crippen molar-refractivity contribution in [3.05, 3.63) is 64.4 Å². The number of amides is 1. The largest absolute Gasteiger partial charge is 0.383 e. The number of nitrogens with zero attached hydrogens (tertiary/aromatic N) is 1. The topological polar surface area (TPSA) is 50.7 Å². The number of benzene rings is 2. The second-order valence-corrected chi connectivity index (χ2v) is 5.41. The Balaban J connectivity index is 1.90. The molecule has 4 nitrogen and oxygen atoms in total. The maximum Gasteiger partial charge on any atom is 0.268 e. The van der Waals surface area contributed by atoms with Gasteiger partial charge in [0.25, 0.3) is 5.91 Å². The summed E-state index contributed by atoms with van der Waals surface area (Å²) in [6.07, 6.45) is 0.700. The van der Waals surface area contributed by atoms with Crippen molar-refractivity contribution in [1.29, 1.82) is 0 Å². The van der Waals surface area contributed by atoms with Crippen molar-refractivity contribution in [3.63, 3.8) is 0 Å². The summed E-state index contributed by atoms with van der Waals surface area (Å²) in [4.78, 5) is 17.1. The van der Waals surface area contributed by atoms with Crippen LogP contribution in [0.15, 0.2) is 47.6 Å². The molecule has 0 heterocycles. The first-order valence-corrected chi connectivity index (χ1v) is 7.35. The molecule has 2 rings (SSSR count). The Morgan fingerprint density at radius 1 is 1.30 bits per heavy atom. The van der Waals surface area contributed by atoms with Crippen LogP contribution in [0.25, 0.3) is 0 Å². The summed E-state index contributed by atoms with van der Waals surface area (Å²) in [6.45, 7) is 3.55. The SMILES string of the molecule is Cc1ccc(/C=N\O[C@H](C)C(=O)Nc2ccc(F)cc2Cl)cc1. The van der Waals surface area contributed by atoms with E-state index in [0.717, 1.165) is 17.2 Å². The molecular weight excluding hydrogens is 319 g/mol. The van der Waals surface area contributed by atoms with Gasteiger partial charge < -0.3 is 10.2 Å². The van der Waals surface area contributed by atoms with Gasteiger partial charge >= 0.3 is 0 Å². The van der Waals surface area contributed by atoms with Gasteiger partial charge in [0, 0.05) is 0 Å². The second kappa shape index (κ2) is 7.74. The number of halogens is 2. The lowest BCUT2D eigenvalue weighted by Gasteiger charge is -2.11. The smallest absolute Gasteiger partial charge is 0.268 e. The molecule has 0 aromatic heterocycles. The van der Waals surface area contributed by atoms with Crippen molar-refractivity contribution < 1.29 is 14.0 Å². The Hall–Kier alpha value is -2.40. The average Bonchev–Trinajstić information content (AvgIpc) is 2.51. The fourth-order valence-corrected chi connectivity index (χ4v) is 1.92. The molecule has 1 amide bonds. The van der Waals surface area contributed by atoms with E-state index >= 15 is 0 Å². The lowest BCUT2D eigenvalue weighted by Crippen LogP contribution is -2.26. The summed E-state index contributed by atoms with van der Waals surface area (Å²) < 4.78 is 13.0. The Kier molecular flexibility index (Phi) is 5.71. The first-order valence-electron chi connectivity index (χ1n) is 6.97. The molecule has 0 fully saturated rings. The zero-order valence-corrected chi connectivity index (χ0v) is 13.5. The normalized spacial score (nSPS) is 12.2. The first-order chi connectivity index (χ1) is 11.0. The zero-order chi connectivity index (χ0) is 16.8. The van der Waals surface area contributed by atoms with Gasteiger partial charge in [0.05, 0.1) is 16.9 Å². The molecule has 0 bridgehead atoms. The second-order valence-electron chi connectivity index (χ2n) is 5.01. The van der Waals surface area contributed by atoms with E-state index in [2.05, 4.69) is 10.5 Å². The maximum atomic E-state index is 13.0. The lowest BCUT2D eigenvalue weighted by atomic mass is 10.2. The monoisotopic (exact) mass is 334 g/mol. The number of oxime groups is 1. The van der Waals surface area contributed by atoms with Gasteiger partial charge in [-0.2, -0.15) is 0 Å². The number of nitrogens with one attached hydrogen (secondary N) is 1. The van der Waals surface area contributed by atoms with E-state index in [1.54, 1.807) is 6.92 Å². The van der Waals surface area contributed by atoms with E-state index in [0.29, 0.717) is 5.69 Å². The van der Waals surface area contributed by atoms with Crippen LogP contribution in [0, 0.1) is 12.7 Å². The molecule has 0 radical (unpaired) electrons. The van der Waals surface area contributed by atoms with Crippen LogP contribution in [-0.4, -0.2) is 18.2 Å². The molecule has 23 heavy (non-hydrogen) atoms. The predicted octanol–water partition coefficient (Wildman–Crippen LogP) is 4.17. The molecule has 1 atom stereocenters. The fourth-order valence-electron chi connectivity index (χ4n) is 1.71. The molecule has 0 aliphatic rings. The Bertz CT molecular complexity index is 717. The first kappa shape index (κ1) is 17.0. The molecule has 0 spiro atoms. The van der Waals surface area contributed by atoms with Gasteiger partial charge in [-0.1, -0.05) is 46.6 Å². The van der Waals surface area contributed by atoms with Crippen LogP contribution in [0.2, 0.25) is 5.02 Å². The Morgan fingerprint density at radius 2 is 2.00 bits per heavy atom. The fraction of sp³-hybridized carbons (Fsp3) is 0.176. The highest BCUT2D eigenvalue weighted by molar-refractivity contribution is 6.33. The molecule has 120 valence electrons. The molecule has 0 saturated carbocycles. The third-order valence-corrected chi connectivity index (χ3v) is 3.37. The number of hydrogen-bond acceptors (Lipinski definition) is 3. The van der Waals surface area contributed by atoms with Crippen molar-refractivity contribution >= 4 is 29.4 Å². The molecule has 2 aromatic carbocycles. The zero-order valence-electron chi connectivity index (χ0n) is 12.7. The minimum Gasteiger partial charge on any atom is -0.383 e. The number of carbonyl (C=O) groups is 1. The minimum absolute atomic E-state index is 0.119. The summed E-state index contributed by atoms with van der Waals surface area (Å²) in [7, 11) is 0. The molecule has 6 heteroatoms. The number of aryl methyl sites for hydroxylation is 1. The van der Waals surface area contributed by atoms with Crippen LogP contribution in [-0.2, 0) is 9.63 Å². The van der Waals surface area contributed by atoms with Crippen LogP contribution in [0.5, 0.6) is 0 Å². The predicted molar refractivity (Wildman–Crippen MR) is 89.4 cm³/mol. The standard InChI is InChI=1S/C17H16ClFN2O2/c1-11-3-5-13(6-4-11)10-20-23-12(2)17(22)21-16-8-7-14(19)9-15(16)18/h3-10,12H,1-2H3,(H,21,22)/b20-10-/t12-/m1/s1. The summed E-state index contributed by atoms with van der Waals surface area (Å²) in [5, 5.41) is 6.47. The summed E-state index contributed by atoms with van der Waals surface area (Å²) in [6, 6.07) is 11.4. The van der Waals surface area contributed by atoms with Crippen molar-refractivity contribution in [2.75, 3.05) is 5.32 Å². The Labute approximate surface area is 138 Å². The number of carbonyl (C=O) groups excluding carboxylic acids is 1. The van der Waals surface area contributed by atoms with E-state index in [4.69, 9.17) is 16.4 Å². The van der Waals surface area contributed by atoms with Crippen molar-refractivity contribution in [1.82, 2.24) is 0 Å². The summed E-state index contributed by atoms with van der Waals surface area (Å²) in [5.74, 6) is -0.903. The van der Waals surface area contributed by atoms with Crippen LogP contribution < -0.4 is 5.32 Å². The molecule has 0 aliphatic heterocycles. The van der Waals surface area contributed by atoms with Crippen LogP contribution >= 0.6 is 11.6 Å². The number of rotatable bonds is 5. The van der Waals surface area contributed by atoms with Crippen LogP contribution in [0.4, 0.5) is 10.1 Å². The van der Waals surface area contributed by atoms with E-state index in [-0.39, 0.29) is 5.02 Å². The highest BCUT2D eigenvalue weighted by Crippen LogP contribution is 2.22. The van der Waals surface area contributed by atoms with Gasteiger partial charge in [0.2, 0.25) is 6.10 Å². The molecule has 0 aliphatic carbocycles. The van der Waals surface area contributed by atoms with Gasteiger partial charge in [-0.3, -0.25) is 4.79 Å². The highest BCUT2D eigenvalue weighted by Gasteiger charge is 2.15.